The Labute approximate surface area is 280 Å². The number of hydrogen-bond donors (Lipinski definition) is 0. The predicted octanol–water partition coefficient (Wildman–Crippen LogP) is 9.86. The fourth-order valence-corrected chi connectivity index (χ4v) is 5.84. The van der Waals surface area contributed by atoms with E-state index in [-0.39, 0.29) is 25.9 Å². The summed E-state index contributed by atoms with van der Waals surface area (Å²) in [4.78, 5) is 11.8. The zero-order valence-electron chi connectivity index (χ0n) is 26.3. The van der Waals surface area contributed by atoms with Crippen LogP contribution in [0.3, 0.4) is 0 Å². The van der Waals surface area contributed by atoms with Crippen LogP contribution in [0, 0.1) is 0 Å². The van der Waals surface area contributed by atoms with Gasteiger partial charge in [-0.25, -0.2) is 8.42 Å². The molecule has 0 aliphatic carbocycles. The van der Waals surface area contributed by atoms with E-state index in [0.29, 0.717) is 39.0 Å². The van der Waals surface area contributed by atoms with E-state index >= 15 is 0 Å². The predicted molar refractivity (Wildman–Crippen MR) is 145 cm³/mol. The summed E-state index contributed by atoms with van der Waals surface area (Å²) < 4.78 is 259. The Hall–Kier alpha value is -2.59. The third-order valence-electron chi connectivity index (χ3n) is 7.49. The fourth-order valence-electron chi connectivity index (χ4n) is 4.35. The molecule has 1 aromatic carbocycles. The number of halogens is 17. The van der Waals surface area contributed by atoms with Crippen LogP contribution in [0.5, 0.6) is 0 Å². The average Bonchev–Trinajstić information content (AvgIpc) is 3.01. The van der Waals surface area contributed by atoms with Gasteiger partial charge in [0, 0.05) is 19.5 Å². The standard InChI is InChI=1S/C28H32F17NO4S/c1-2-46(17-13-8-6-4-3-5-7-12-16-20(47)50-18-19-14-10-9-11-15-19)51(48,49)28(44,45)26(39,40)24(35,36)22(31,32)21(29,30)23(33,34)25(37,38)27(41,42)43/h9-11,14-15H,2-8,12-13,16-18H2,1H3. The molecule has 23 heteroatoms. The molecular weight excluding hydrogens is 769 g/mol. The van der Waals surface area contributed by atoms with Crippen molar-refractivity contribution in [2.24, 2.45) is 0 Å². The average molecular weight is 802 g/mol. The van der Waals surface area contributed by atoms with Gasteiger partial charge in [-0.3, -0.25) is 4.79 Å². The molecule has 0 bridgehead atoms. The Morgan fingerprint density at radius 2 is 0.980 bits per heavy atom. The quantitative estimate of drug-likeness (QED) is 0.0666. The number of sulfonamides is 1. The molecule has 0 N–H and O–H groups in total. The summed E-state index contributed by atoms with van der Waals surface area (Å²) in [5.41, 5.74) is 0.790. The van der Waals surface area contributed by atoms with E-state index in [2.05, 4.69) is 0 Å². The van der Waals surface area contributed by atoms with Gasteiger partial charge in [0.25, 0.3) is 10.0 Å². The summed E-state index contributed by atoms with van der Waals surface area (Å²) in [6, 6.07) is 8.84. The molecule has 0 unspecified atom stereocenters. The highest BCUT2D eigenvalue weighted by Gasteiger charge is 2.96. The molecular formula is C28H32F17NO4S. The Bertz CT molecular complexity index is 1370. The first-order chi connectivity index (χ1) is 22.9. The van der Waals surface area contributed by atoms with Gasteiger partial charge in [0.2, 0.25) is 0 Å². The van der Waals surface area contributed by atoms with Crippen molar-refractivity contribution >= 4 is 16.0 Å². The van der Waals surface area contributed by atoms with Gasteiger partial charge in [-0.15, -0.1) is 0 Å². The number of carbonyl (C=O) groups is 1. The number of alkyl halides is 17. The highest BCUT2D eigenvalue weighted by molar-refractivity contribution is 7.90. The molecule has 0 fully saturated rings. The number of esters is 1. The molecule has 0 aromatic heterocycles. The highest BCUT2D eigenvalue weighted by Crippen LogP contribution is 2.64. The van der Waals surface area contributed by atoms with Crippen LogP contribution in [-0.2, 0) is 26.2 Å². The Kier molecular flexibility index (Phi) is 15.1. The molecule has 1 rings (SSSR count). The molecule has 0 aliphatic rings. The van der Waals surface area contributed by atoms with Gasteiger partial charge in [-0.1, -0.05) is 75.8 Å². The molecule has 0 radical (unpaired) electrons. The lowest BCUT2D eigenvalue weighted by Gasteiger charge is -2.43. The van der Waals surface area contributed by atoms with Crippen LogP contribution in [0.1, 0.15) is 70.3 Å². The van der Waals surface area contributed by atoms with Gasteiger partial charge in [0.05, 0.1) is 0 Å². The first-order valence-electron chi connectivity index (χ1n) is 14.8. The largest absolute Gasteiger partial charge is 0.461 e. The number of rotatable bonds is 22. The van der Waals surface area contributed by atoms with Crippen molar-refractivity contribution in [3.05, 3.63) is 35.9 Å². The van der Waals surface area contributed by atoms with Crippen LogP contribution in [0.25, 0.3) is 0 Å². The fraction of sp³-hybridized carbons (Fsp3) is 0.750. The van der Waals surface area contributed by atoms with Crippen LogP contribution in [0.15, 0.2) is 30.3 Å². The zero-order chi connectivity index (χ0) is 40.0. The lowest BCUT2D eigenvalue weighted by molar-refractivity contribution is -0.458. The second-order valence-corrected chi connectivity index (χ2v) is 13.2. The van der Waals surface area contributed by atoms with Crippen LogP contribution in [0.2, 0.25) is 0 Å². The van der Waals surface area contributed by atoms with Crippen molar-refractivity contribution in [2.45, 2.75) is 118 Å². The van der Waals surface area contributed by atoms with Crippen LogP contribution in [-0.4, -0.2) is 78.7 Å². The Morgan fingerprint density at radius 1 is 0.588 bits per heavy atom. The van der Waals surface area contributed by atoms with E-state index in [1.54, 1.807) is 30.3 Å². The van der Waals surface area contributed by atoms with E-state index in [0.717, 1.165) is 5.56 Å². The minimum atomic E-state index is -8.86. The van der Waals surface area contributed by atoms with Crippen molar-refractivity contribution in [2.75, 3.05) is 13.1 Å². The molecule has 0 spiro atoms. The van der Waals surface area contributed by atoms with Crippen molar-refractivity contribution in [1.82, 2.24) is 4.31 Å². The molecule has 51 heavy (non-hydrogen) atoms. The van der Waals surface area contributed by atoms with Crippen LogP contribution >= 0.6 is 0 Å². The number of nitrogens with zero attached hydrogens (tertiary/aromatic N) is 1. The second-order valence-electron chi connectivity index (χ2n) is 11.2. The summed E-state index contributed by atoms with van der Waals surface area (Å²) in [6.07, 6.45) is -5.36. The van der Waals surface area contributed by atoms with Gasteiger partial charge in [-0.05, 0) is 18.4 Å². The van der Waals surface area contributed by atoms with Crippen LogP contribution < -0.4 is 0 Å². The Morgan fingerprint density at radius 3 is 1.41 bits per heavy atom. The van der Waals surface area contributed by atoms with E-state index in [1.807, 2.05) is 0 Å². The minimum Gasteiger partial charge on any atom is -0.461 e. The van der Waals surface area contributed by atoms with E-state index in [9.17, 15) is 87.8 Å². The first kappa shape index (κ1) is 46.4. The molecule has 298 valence electrons. The number of carbonyl (C=O) groups excluding carboxylic acids is 1. The number of unbranched alkanes of at least 4 members (excludes halogenated alkanes) is 7. The molecule has 0 saturated heterocycles. The maximum Gasteiger partial charge on any atom is 0.460 e. The number of hydrogen-bond acceptors (Lipinski definition) is 4. The molecule has 0 amide bonds. The monoisotopic (exact) mass is 801 g/mol. The first-order valence-corrected chi connectivity index (χ1v) is 16.3. The van der Waals surface area contributed by atoms with Gasteiger partial charge < -0.3 is 4.74 Å². The van der Waals surface area contributed by atoms with E-state index in [4.69, 9.17) is 4.74 Å². The molecule has 0 saturated carbocycles. The topological polar surface area (TPSA) is 63.7 Å². The van der Waals surface area contributed by atoms with Crippen molar-refractivity contribution in [3.8, 4) is 0 Å². The number of ether oxygens (including phenoxy) is 1. The van der Waals surface area contributed by atoms with E-state index in [1.165, 1.54) is 0 Å². The normalized spacial score (nSPS) is 14.6. The van der Waals surface area contributed by atoms with Gasteiger partial charge >= 0.3 is 52.9 Å². The minimum absolute atomic E-state index is 0.0251. The van der Waals surface area contributed by atoms with Gasteiger partial charge in [-0.2, -0.15) is 78.9 Å². The molecule has 0 atom stereocenters. The van der Waals surface area contributed by atoms with E-state index < -0.39 is 86.8 Å². The van der Waals surface area contributed by atoms with Gasteiger partial charge in [0.15, 0.2) is 0 Å². The van der Waals surface area contributed by atoms with Crippen molar-refractivity contribution in [3.63, 3.8) is 0 Å². The van der Waals surface area contributed by atoms with Crippen molar-refractivity contribution in [1.29, 1.82) is 0 Å². The zero-order valence-corrected chi connectivity index (χ0v) is 27.1. The lowest BCUT2D eigenvalue weighted by Crippen LogP contribution is -2.75. The maximum absolute atomic E-state index is 14.5. The molecule has 0 heterocycles. The van der Waals surface area contributed by atoms with Gasteiger partial charge in [0.1, 0.15) is 6.61 Å². The third kappa shape index (κ3) is 9.14. The summed E-state index contributed by atoms with van der Waals surface area (Å²) in [5, 5.41) is -7.55. The number of benzene rings is 1. The lowest BCUT2D eigenvalue weighted by atomic mass is 9.91. The molecule has 5 nitrogen and oxygen atoms in total. The summed E-state index contributed by atoms with van der Waals surface area (Å²) in [6.45, 7) is -1.68. The summed E-state index contributed by atoms with van der Waals surface area (Å²) in [7, 11) is -7.28. The maximum atomic E-state index is 14.5. The third-order valence-corrected chi connectivity index (χ3v) is 9.52. The smallest absolute Gasteiger partial charge is 0.460 e. The molecule has 1 aromatic rings. The van der Waals surface area contributed by atoms with Crippen LogP contribution in [0.4, 0.5) is 74.6 Å². The SMILES string of the molecule is CCN(CCCCCCCCCCC(=O)OCc1ccccc1)S(=O)(=O)C(F)(F)C(F)(F)C(F)(F)C(F)(F)C(F)(F)C(F)(F)C(F)(F)C(F)(F)F. The summed E-state index contributed by atoms with van der Waals surface area (Å²) >= 11 is 0. The highest BCUT2D eigenvalue weighted by atomic mass is 32.2. The Balaban J connectivity index is 2.83. The molecule has 0 aliphatic heterocycles. The summed E-state index contributed by atoms with van der Waals surface area (Å²) in [5.74, 6) is -52.1. The second kappa shape index (κ2) is 16.6. The van der Waals surface area contributed by atoms with Crippen molar-refractivity contribution < 1.29 is 92.6 Å².